The van der Waals surface area contributed by atoms with Gasteiger partial charge in [-0.15, -0.1) is 0 Å². The summed E-state index contributed by atoms with van der Waals surface area (Å²) in [6.07, 6.45) is 2.22. The molecule has 3 rings (SSSR count). The van der Waals surface area contributed by atoms with Gasteiger partial charge in [0, 0.05) is 49.5 Å². The van der Waals surface area contributed by atoms with E-state index in [9.17, 15) is 14.8 Å². The first kappa shape index (κ1) is 21.7. The van der Waals surface area contributed by atoms with Crippen molar-refractivity contribution in [1.29, 1.82) is 0 Å². The summed E-state index contributed by atoms with van der Waals surface area (Å²) in [4.78, 5) is 12.4. The van der Waals surface area contributed by atoms with Gasteiger partial charge in [0.15, 0.2) is 5.43 Å². The van der Waals surface area contributed by atoms with Crippen LogP contribution in [0.25, 0.3) is 11.3 Å². The normalized spacial score (nSPS) is 15.3. The molecule has 0 amide bonds. The molecule has 1 aliphatic rings. The number of nitrogens with zero attached hydrogens (tertiary/aromatic N) is 1. The molecule has 1 aromatic heterocycles. The second-order valence-electron chi connectivity index (χ2n) is 7.36. The third-order valence-electron chi connectivity index (χ3n) is 4.98. The molecule has 0 spiro atoms. The molecule has 0 bridgehead atoms. The van der Waals surface area contributed by atoms with Crippen molar-refractivity contribution in [3.8, 4) is 22.8 Å². The van der Waals surface area contributed by atoms with Gasteiger partial charge in [-0.05, 0) is 12.0 Å². The Morgan fingerprint density at radius 1 is 1.31 bits per heavy atom. The van der Waals surface area contributed by atoms with Crippen LogP contribution in [0.15, 0.2) is 29.2 Å². The molecule has 0 saturated carbocycles. The SMILES string of the molecule is COCCCOc1cc2c(cc1Cl)-c1cc(=O)c(B(O)O)cn1[C@H](C(C)C)CO2. The highest BCUT2D eigenvalue weighted by Crippen LogP contribution is 2.41. The molecule has 0 unspecified atom stereocenters. The van der Waals surface area contributed by atoms with Gasteiger partial charge in [-0.2, -0.15) is 0 Å². The molecule has 9 heteroatoms. The van der Waals surface area contributed by atoms with Gasteiger partial charge >= 0.3 is 7.12 Å². The van der Waals surface area contributed by atoms with Crippen molar-refractivity contribution in [2.45, 2.75) is 26.3 Å². The molecular weight excluding hydrogens is 396 g/mol. The Morgan fingerprint density at radius 2 is 2.07 bits per heavy atom. The molecule has 0 saturated heterocycles. The molecule has 2 N–H and O–H groups in total. The summed E-state index contributed by atoms with van der Waals surface area (Å²) in [6, 6.07) is 4.73. The Kier molecular flexibility index (Phi) is 6.90. The summed E-state index contributed by atoms with van der Waals surface area (Å²) >= 11 is 6.44. The molecule has 156 valence electrons. The van der Waals surface area contributed by atoms with Crippen molar-refractivity contribution in [2.24, 2.45) is 5.92 Å². The van der Waals surface area contributed by atoms with E-state index in [4.69, 9.17) is 25.8 Å². The Labute approximate surface area is 174 Å². The van der Waals surface area contributed by atoms with Crippen molar-refractivity contribution < 1.29 is 24.3 Å². The third kappa shape index (κ3) is 4.61. The van der Waals surface area contributed by atoms with Crippen molar-refractivity contribution >= 4 is 24.2 Å². The summed E-state index contributed by atoms with van der Waals surface area (Å²) in [5.41, 5.74) is 0.724. The number of halogens is 1. The third-order valence-corrected chi connectivity index (χ3v) is 5.28. The van der Waals surface area contributed by atoms with E-state index in [1.807, 2.05) is 18.4 Å². The zero-order chi connectivity index (χ0) is 21.1. The number of pyridine rings is 1. The number of methoxy groups -OCH3 is 1. The first-order chi connectivity index (χ1) is 13.8. The average Bonchev–Trinajstić information content (AvgIpc) is 2.81. The second kappa shape index (κ2) is 9.22. The van der Waals surface area contributed by atoms with Crippen LogP contribution in [-0.4, -0.2) is 48.7 Å². The van der Waals surface area contributed by atoms with Gasteiger partial charge in [0.2, 0.25) is 0 Å². The highest BCUT2D eigenvalue weighted by Gasteiger charge is 2.28. The minimum Gasteiger partial charge on any atom is -0.492 e. The van der Waals surface area contributed by atoms with Gasteiger partial charge < -0.3 is 28.8 Å². The van der Waals surface area contributed by atoms with Gasteiger partial charge in [-0.1, -0.05) is 25.4 Å². The van der Waals surface area contributed by atoms with E-state index in [0.717, 1.165) is 6.42 Å². The van der Waals surface area contributed by atoms with E-state index in [1.165, 1.54) is 12.3 Å². The van der Waals surface area contributed by atoms with Crippen molar-refractivity contribution in [1.82, 2.24) is 4.57 Å². The van der Waals surface area contributed by atoms with E-state index in [1.54, 1.807) is 19.2 Å². The summed E-state index contributed by atoms with van der Waals surface area (Å²) in [5.74, 6) is 1.24. The standard InChI is InChI=1S/C20H25BClNO6/c1-12(2)17-11-29-19-9-20(28-6-4-5-27-3)15(22)7-13(19)16-8-18(24)14(21(25)26)10-23(16)17/h7-10,12,17,25-26H,4-6,11H2,1-3H3/t17-/m0/s1. The zero-order valence-electron chi connectivity index (χ0n) is 16.7. The number of benzene rings is 1. The fourth-order valence-corrected chi connectivity index (χ4v) is 3.59. The van der Waals surface area contributed by atoms with E-state index in [-0.39, 0.29) is 17.4 Å². The first-order valence-corrected chi connectivity index (χ1v) is 9.92. The topological polar surface area (TPSA) is 90.2 Å². The van der Waals surface area contributed by atoms with E-state index in [0.29, 0.717) is 47.6 Å². The van der Waals surface area contributed by atoms with Gasteiger partial charge in [-0.3, -0.25) is 4.79 Å². The van der Waals surface area contributed by atoms with Crippen molar-refractivity contribution in [3.63, 3.8) is 0 Å². The highest BCUT2D eigenvalue weighted by molar-refractivity contribution is 6.58. The predicted molar refractivity (Wildman–Crippen MR) is 112 cm³/mol. The number of hydrogen-bond acceptors (Lipinski definition) is 6. The van der Waals surface area contributed by atoms with Crippen LogP contribution in [-0.2, 0) is 4.74 Å². The summed E-state index contributed by atoms with van der Waals surface area (Å²) in [5, 5.41) is 19.5. The smallest absolute Gasteiger partial charge is 0.492 e. The Bertz CT molecular complexity index is 930. The lowest BCUT2D eigenvalue weighted by atomic mass is 9.80. The van der Waals surface area contributed by atoms with Gasteiger partial charge in [-0.25, -0.2) is 0 Å². The van der Waals surface area contributed by atoms with Gasteiger partial charge in [0.25, 0.3) is 0 Å². The summed E-state index contributed by atoms with van der Waals surface area (Å²) in [6.45, 7) is 5.47. The quantitative estimate of drug-likeness (QED) is 0.524. The molecule has 1 aromatic carbocycles. The first-order valence-electron chi connectivity index (χ1n) is 9.54. The van der Waals surface area contributed by atoms with Crippen molar-refractivity contribution in [2.75, 3.05) is 26.9 Å². The number of ether oxygens (including phenoxy) is 3. The molecule has 29 heavy (non-hydrogen) atoms. The monoisotopic (exact) mass is 421 g/mol. The molecule has 0 aliphatic carbocycles. The summed E-state index contributed by atoms with van der Waals surface area (Å²) < 4.78 is 18.7. The molecule has 7 nitrogen and oxygen atoms in total. The van der Waals surface area contributed by atoms with Crippen LogP contribution in [0.1, 0.15) is 26.3 Å². The van der Waals surface area contributed by atoms with Crippen molar-refractivity contribution in [3.05, 3.63) is 39.6 Å². The second-order valence-corrected chi connectivity index (χ2v) is 7.76. The fourth-order valence-electron chi connectivity index (χ4n) is 3.37. The predicted octanol–water partition coefficient (Wildman–Crippen LogP) is 1.85. The maximum absolute atomic E-state index is 12.4. The number of fused-ring (bicyclic) bond motifs is 3. The fraction of sp³-hybridized carbons (Fsp3) is 0.450. The lowest BCUT2D eigenvalue weighted by Gasteiger charge is -2.24. The Hall–Kier alpha value is -2.00. The largest absolute Gasteiger partial charge is 0.493 e. The average molecular weight is 422 g/mol. The number of aromatic nitrogens is 1. The van der Waals surface area contributed by atoms with E-state index < -0.39 is 12.5 Å². The molecule has 1 atom stereocenters. The van der Waals surface area contributed by atoms with E-state index in [2.05, 4.69) is 0 Å². The molecule has 0 radical (unpaired) electrons. The minimum atomic E-state index is -1.84. The summed E-state index contributed by atoms with van der Waals surface area (Å²) in [7, 11) is -0.210. The van der Waals surface area contributed by atoms with Crippen LogP contribution in [0, 0.1) is 5.92 Å². The molecule has 2 aromatic rings. The highest BCUT2D eigenvalue weighted by atomic mass is 35.5. The lowest BCUT2D eigenvalue weighted by Crippen LogP contribution is -2.43. The molecule has 0 fully saturated rings. The van der Waals surface area contributed by atoms with Crippen LogP contribution in [0.3, 0.4) is 0 Å². The molecule has 2 heterocycles. The van der Waals surface area contributed by atoms with Crippen LogP contribution in [0.5, 0.6) is 11.5 Å². The Balaban J connectivity index is 2.08. The minimum absolute atomic E-state index is 0.0768. The Morgan fingerprint density at radius 3 is 2.72 bits per heavy atom. The van der Waals surface area contributed by atoms with Crippen LogP contribution < -0.4 is 20.4 Å². The zero-order valence-corrected chi connectivity index (χ0v) is 17.5. The van der Waals surface area contributed by atoms with Crippen LogP contribution >= 0.6 is 11.6 Å². The molecule has 1 aliphatic heterocycles. The van der Waals surface area contributed by atoms with E-state index >= 15 is 0 Å². The number of rotatable bonds is 7. The lowest BCUT2D eigenvalue weighted by molar-refractivity contribution is 0.172. The van der Waals surface area contributed by atoms with Gasteiger partial charge in [0.1, 0.15) is 18.1 Å². The van der Waals surface area contributed by atoms with Crippen LogP contribution in [0.2, 0.25) is 5.02 Å². The number of hydrogen-bond donors (Lipinski definition) is 2. The molecular formula is C20H25BClNO6. The van der Waals surface area contributed by atoms with Crippen LogP contribution in [0.4, 0.5) is 0 Å². The van der Waals surface area contributed by atoms with Gasteiger partial charge in [0.05, 0.1) is 23.4 Å². The maximum atomic E-state index is 12.4. The maximum Gasteiger partial charge on any atom is 0.493 e.